The van der Waals surface area contributed by atoms with Crippen molar-refractivity contribution in [2.45, 2.75) is 33.0 Å². The number of thiazole rings is 1. The van der Waals surface area contributed by atoms with Crippen LogP contribution in [0.15, 0.2) is 11.7 Å². The monoisotopic (exact) mass is 361 g/mol. The molecule has 1 amide bonds. The number of carbonyl (C=O) groups excluding carboxylic acids is 1. The summed E-state index contributed by atoms with van der Waals surface area (Å²) in [6.45, 7) is 9.43. The molecule has 4 rings (SSSR count). The van der Waals surface area contributed by atoms with Gasteiger partial charge in [-0.15, -0.1) is 11.3 Å². The zero-order chi connectivity index (χ0) is 17.4. The molecule has 0 aliphatic carbocycles. The summed E-state index contributed by atoms with van der Waals surface area (Å²) in [5.74, 6) is 0.993. The van der Waals surface area contributed by atoms with E-state index in [0.29, 0.717) is 32.0 Å². The van der Waals surface area contributed by atoms with Gasteiger partial charge in [-0.2, -0.15) is 0 Å². The molecule has 25 heavy (non-hydrogen) atoms. The fourth-order valence-corrected chi connectivity index (χ4v) is 4.25. The van der Waals surface area contributed by atoms with Crippen LogP contribution < -0.4 is 0 Å². The number of carbonyl (C=O) groups is 1. The van der Waals surface area contributed by atoms with Crippen molar-refractivity contribution in [3.05, 3.63) is 33.8 Å². The summed E-state index contributed by atoms with van der Waals surface area (Å²) in [5.41, 5.74) is 3.56. The highest BCUT2D eigenvalue weighted by molar-refractivity contribution is 7.09. The van der Waals surface area contributed by atoms with Crippen LogP contribution in [-0.4, -0.2) is 63.1 Å². The van der Waals surface area contributed by atoms with Crippen LogP contribution in [0.4, 0.5) is 0 Å². The number of amides is 1. The van der Waals surface area contributed by atoms with Gasteiger partial charge in [0.1, 0.15) is 11.5 Å². The summed E-state index contributed by atoms with van der Waals surface area (Å²) < 4.78 is 7.46. The smallest absolute Gasteiger partial charge is 0.274 e. The van der Waals surface area contributed by atoms with Crippen LogP contribution in [-0.2, 0) is 17.8 Å². The van der Waals surface area contributed by atoms with Crippen molar-refractivity contribution >= 4 is 17.2 Å². The molecule has 0 radical (unpaired) electrons. The van der Waals surface area contributed by atoms with Crippen LogP contribution in [0.25, 0.3) is 0 Å². The highest BCUT2D eigenvalue weighted by atomic mass is 32.1. The van der Waals surface area contributed by atoms with Crippen LogP contribution >= 0.6 is 11.3 Å². The molecule has 8 heteroatoms. The molecule has 134 valence electrons. The lowest BCUT2D eigenvalue weighted by Crippen LogP contribution is -2.40. The minimum absolute atomic E-state index is 0.0160. The third-order valence-electron chi connectivity index (χ3n) is 5.07. The second kappa shape index (κ2) is 6.86. The first-order valence-electron chi connectivity index (χ1n) is 8.70. The Morgan fingerprint density at radius 1 is 1.32 bits per heavy atom. The highest BCUT2D eigenvalue weighted by Gasteiger charge is 2.29. The van der Waals surface area contributed by atoms with E-state index in [9.17, 15) is 4.79 Å². The van der Waals surface area contributed by atoms with E-state index in [2.05, 4.69) is 33.3 Å². The van der Waals surface area contributed by atoms with Gasteiger partial charge in [0, 0.05) is 43.8 Å². The molecular weight excluding hydrogens is 338 g/mol. The van der Waals surface area contributed by atoms with Gasteiger partial charge >= 0.3 is 0 Å². The Hall–Kier alpha value is -1.77. The number of morpholine rings is 1. The van der Waals surface area contributed by atoms with Gasteiger partial charge in [0.15, 0.2) is 0 Å². The molecular formula is C17H23N5O2S. The predicted molar refractivity (Wildman–Crippen MR) is 94.6 cm³/mol. The Morgan fingerprint density at radius 3 is 2.84 bits per heavy atom. The molecule has 0 N–H and O–H groups in total. The number of rotatable bonds is 3. The molecule has 2 aliphatic rings. The number of fused-ring (bicyclic) bond motifs is 1. The van der Waals surface area contributed by atoms with Crippen LogP contribution in [0.2, 0.25) is 0 Å². The largest absolute Gasteiger partial charge is 0.378 e. The highest BCUT2D eigenvalue weighted by Crippen LogP contribution is 2.28. The van der Waals surface area contributed by atoms with Gasteiger partial charge in [-0.25, -0.2) is 9.97 Å². The summed E-state index contributed by atoms with van der Waals surface area (Å²) in [7, 11) is 0. The quantitative estimate of drug-likeness (QED) is 0.833. The second-order valence-electron chi connectivity index (χ2n) is 6.59. The maximum Gasteiger partial charge on any atom is 0.274 e. The van der Waals surface area contributed by atoms with Crippen molar-refractivity contribution < 1.29 is 9.53 Å². The van der Waals surface area contributed by atoms with Crippen molar-refractivity contribution in [1.29, 1.82) is 0 Å². The Labute approximate surface area is 151 Å². The molecule has 7 nitrogen and oxygen atoms in total. The molecule has 0 bridgehead atoms. The molecule has 1 unspecified atom stereocenters. The minimum Gasteiger partial charge on any atom is -0.378 e. The maximum absolute atomic E-state index is 12.7. The van der Waals surface area contributed by atoms with Gasteiger partial charge in [-0.05, 0) is 13.8 Å². The van der Waals surface area contributed by atoms with Crippen molar-refractivity contribution in [1.82, 2.24) is 24.3 Å². The maximum atomic E-state index is 12.7. The normalized spacial score (nSPS) is 21.4. The fourth-order valence-electron chi connectivity index (χ4n) is 3.45. The summed E-state index contributed by atoms with van der Waals surface area (Å²) in [6, 6.07) is 0.182. The first-order valence-corrected chi connectivity index (χ1v) is 9.58. The van der Waals surface area contributed by atoms with E-state index < -0.39 is 0 Å². The zero-order valence-corrected chi connectivity index (χ0v) is 15.5. The number of aryl methyl sites for hydroxylation is 1. The fraction of sp³-hybridized carbons (Fsp3) is 0.588. The van der Waals surface area contributed by atoms with E-state index in [1.165, 1.54) is 4.88 Å². The molecule has 0 aromatic carbocycles. The lowest BCUT2D eigenvalue weighted by Gasteiger charge is -2.33. The van der Waals surface area contributed by atoms with E-state index in [-0.39, 0.29) is 11.9 Å². The molecule has 1 atom stereocenters. The first kappa shape index (κ1) is 16.7. The average Bonchev–Trinajstić information content (AvgIpc) is 3.24. The van der Waals surface area contributed by atoms with E-state index in [0.717, 1.165) is 31.2 Å². The lowest BCUT2D eigenvalue weighted by molar-refractivity contribution is 0.0299. The molecule has 2 aliphatic heterocycles. The summed E-state index contributed by atoms with van der Waals surface area (Å²) in [6.07, 6.45) is 1.92. The van der Waals surface area contributed by atoms with Gasteiger partial charge < -0.3 is 14.2 Å². The van der Waals surface area contributed by atoms with Crippen molar-refractivity contribution in [3.8, 4) is 0 Å². The first-order chi connectivity index (χ1) is 12.1. The lowest BCUT2D eigenvalue weighted by atomic mass is 10.2. The van der Waals surface area contributed by atoms with Crippen molar-refractivity contribution in [2.75, 3.05) is 32.8 Å². The topological polar surface area (TPSA) is 63.5 Å². The van der Waals surface area contributed by atoms with E-state index >= 15 is 0 Å². The van der Waals surface area contributed by atoms with Gasteiger partial charge in [-0.3, -0.25) is 9.69 Å². The third kappa shape index (κ3) is 3.21. The minimum atomic E-state index is 0.0160. The molecule has 2 aromatic heterocycles. The Balaban J connectivity index is 1.51. The molecule has 1 saturated heterocycles. The predicted octanol–water partition coefficient (Wildman–Crippen LogP) is 1.70. The number of aromatic nitrogens is 3. The van der Waals surface area contributed by atoms with Gasteiger partial charge in [0.05, 0.1) is 30.5 Å². The summed E-state index contributed by atoms with van der Waals surface area (Å²) >= 11 is 1.70. The third-order valence-corrected chi connectivity index (χ3v) is 5.99. The summed E-state index contributed by atoms with van der Waals surface area (Å²) in [5, 5.41) is 0. The zero-order valence-electron chi connectivity index (χ0n) is 14.6. The standard InChI is InChI=1S/C17H23N5O2S/c1-12-15(25-11-18-12)10-21-3-4-22-9-14(19-16(22)13(21)2)17(23)20-5-7-24-8-6-20/h9,11,13H,3-8,10H2,1-2H3. The van der Waals surface area contributed by atoms with Gasteiger partial charge in [0.2, 0.25) is 0 Å². The number of imidazole rings is 1. The Kier molecular flexibility index (Phi) is 4.58. The summed E-state index contributed by atoms with van der Waals surface area (Å²) in [4.78, 5) is 27.3. The molecule has 0 saturated carbocycles. The van der Waals surface area contributed by atoms with Crippen molar-refractivity contribution in [3.63, 3.8) is 0 Å². The average molecular weight is 361 g/mol. The Morgan fingerprint density at radius 2 is 2.12 bits per heavy atom. The van der Waals surface area contributed by atoms with E-state index in [1.807, 2.05) is 16.6 Å². The molecule has 2 aromatic rings. The van der Waals surface area contributed by atoms with Crippen LogP contribution in [0.5, 0.6) is 0 Å². The van der Waals surface area contributed by atoms with Gasteiger partial charge in [0.25, 0.3) is 5.91 Å². The van der Waals surface area contributed by atoms with E-state index in [4.69, 9.17) is 4.74 Å². The second-order valence-corrected chi connectivity index (χ2v) is 7.53. The number of hydrogen-bond acceptors (Lipinski definition) is 6. The molecule has 1 fully saturated rings. The molecule has 0 spiro atoms. The number of ether oxygens (including phenoxy) is 1. The number of nitrogens with zero attached hydrogens (tertiary/aromatic N) is 5. The van der Waals surface area contributed by atoms with Gasteiger partial charge in [-0.1, -0.05) is 0 Å². The van der Waals surface area contributed by atoms with E-state index in [1.54, 1.807) is 11.3 Å². The molecule has 4 heterocycles. The SMILES string of the molecule is Cc1ncsc1CN1CCn2cc(C(=O)N3CCOCC3)nc2C1C. The van der Waals surface area contributed by atoms with Crippen molar-refractivity contribution in [2.24, 2.45) is 0 Å². The number of hydrogen-bond donors (Lipinski definition) is 0. The Bertz CT molecular complexity index is 765. The van der Waals surface area contributed by atoms with Crippen LogP contribution in [0, 0.1) is 6.92 Å². The van der Waals surface area contributed by atoms with Crippen LogP contribution in [0.1, 0.15) is 39.8 Å². The van der Waals surface area contributed by atoms with Crippen LogP contribution in [0.3, 0.4) is 0 Å².